The van der Waals surface area contributed by atoms with Crippen molar-refractivity contribution in [1.29, 1.82) is 0 Å². The minimum atomic E-state index is -0.310. The summed E-state index contributed by atoms with van der Waals surface area (Å²) in [7, 11) is 0. The smallest absolute Gasteiger partial charge is 0.271 e. The minimum Gasteiger partial charge on any atom is -0.382 e. The third-order valence-corrected chi connectivity index (χ3v) is 2.55. The van der Waals surface area contributed by atoms with Crippen LogP contribution in [0.2, 0.25) is 0 Å². The molecule has 0 aliphatic heterocycles. The van der Waals surface area contributed by atoms with Gasteiger partial charge in [-0.3, -0.25) is 9.78 Å². The van der Waals surface area contributed by atoms with Gasteiger partial charge in [0.2, 0.25) is 0 Å². The Morgan fingerprint density at radius 1 is 1.50 bits per heavy atom. The lowest BCUT2D eigenvalue weighted by Gasteiger charge is -2.02. The molecule has 3 N–H and O–H groups in total. The van der Waals surface area contributed by atoms with Gasteiger partial charge in [0, 0.05) is 11.6 Å². The van der Waals surface area contributed by atoms with Crippen molar-refractivity contribution >= 4 is 23.1 Å². The second-order valence-corrected chi connectivity index (χ2v) is 3.92. The first-order valence-corrected chi connectivity index (χ1v) is 5.38. The van der Waals surface area contributed by atoms with Gasteiger partial charge in [-0.25, -0.2) is 9.97 Å². The molecule has 82 valence electrons. The quantitative estimate of drug-likeness (QED) is 0.805. The number of hydrogen-bond acceptors (Lipinski definition) is 6. The number of hydrogen-bond donors (Lipinski definition) is 2. The average Bonchev–Trinajstić information content (AvgIpc) is 2.78. The number of rotatable bonds is 3. The fourth-order valence-electron chi connectivity index (χ4n) is 1.08. The van der Waals surface area contributed by atoms with Gasteiger partial charge >= 0.3 is 0 Å². The third-order valence-electron chi connectivity index (χ3n) is 1.77. The second kappa shape index (κ2) is 4.67. The maximum Gasteiger partial charge on any atom is 0.271 e. The van der Waals surface area contributed by atoms with E-state index >= 15 is 0 Å². The molecule has 0 spiro atoms. The van der Waals surface area contributed by atoms with Gasteiger partial charge in [0.15, 0.2) is 0 Å². The fraction of sp³-hybridized carbons (Fsp3) is 0.111. The van der Waals surface area contributed by atoms with E-state index in [0.717, 1.165) is 5.01 Å². The summed E-state index contributed by atoms with van der Waals surface area (Å²) in [6.45, 7) is 0.382. The monoisotopic (exact) mass is 235 g/mol. The normalized spacial score (nSPS) is 10.0. The number of nitrogen functional groups attached to an aromatic ring is 1. The summed E-state index contributed by atoms with van der Waals surface area (Å²) in [5.41, 5.74) is 5.63. The number of aromatic nitrogens is 3. The van der Waals surface area contributed by atoms with E-state index in [-0.39, 0.29) is 17.4 Å². The SMILES string of the molecule is Nc1cncc(C(=O)NCc2nccs2)n1. The molecule has 0 fully saturated rings. The van der Waals surface area contributed by atoms with Crippen LogP contribution in [-0.2, 0) is 6.54 Å². The van der Waals surface area contributed by atoms with Crippen LogP contribution >= 0.6 is 11.3 Å². The number of nitrogens with two attached hydrogens (primary N) is 1. The first kappa shape index (κ1) is 10.5. The lowest BCUT2D eigenvalue weighted by molar-refractivity contribution is 0.0945. The number of carbonyl (C=O) groups excluding carboxylic acids is 1. The summed E-state index contributed by atoms with van der Waals surface area (Å²) < 4.78 is 0. The minimum absolute atomic E-state index is 0.205. The molecule has 0 saturated heterocycles. The Morgan fingerprint density at radius 2 is 2.38 bits per heavy atom. The zero-order valence-corrected chi connectivity index (χ0v) is 9.07. The van der Waals surface area contributed by atoms with Crippen LogP contribution in [0.1, 0.15) is 15.5 Å². The third kappa shape index (κ3) is 2.51. The summed E-state index contributed by atoms with van der Waals surface area (Å²) in [6, 6.07) is 0. The molecule has 2 aromatic rings. The van der Waals surface area contributed by atoms with E-state index in [1.54, 1.807) is 6.20 Å². The van der Waals surface area contributed by atoms with Crippen molar-refractivity contribution in [2.75, 3.05) is 5.73 Å². The molecule has 0 atom stereocenters. The predicted octanol–water partition coefficient (Wildman–Crippen LogP) is 0.445. The first-order chi connectivity index (χ1) is 7.75. The highest BCUT2D eigenvalue weighted by Gasteiger charge is 2.08. The van der Waals surface area contributed by atoms with Gasteiger partial charge in [-0.1, -0.05) is 0 Å². The molecule has 6 nitrogen and oxygen atoms in total. The van der Waals surface area contributed by atoms with E-state index in [4.69, 9.17) is 5.73 Å². The maximum atomic E-state index is 11.6. The Bertz CT molecular complexity index is 484. The van der Waals surface area contributed by atoms with Crippen LogP contribution in [0.4, 0.5) is 5.82 Å². The summed E-state index contributed by atoms with van der Waals surface area (Å²) in [4.78, 5) is 23.3. The van der Waals surface area contributed by atoms with Gasteiger partial charge in [0.1, 0.15) is 16.5 Å². The number of amides is 1. The van der Waals surface area contributed by atoms with E-state index < -0.39 is 0 Å². The van der Waals surface area contributed by atoms with E-state index in [0.29, 0.717) is 6.54 Å². The molecule has 2 heterocycles. The van der Waals surface area contributed by atoms with Crippen molar-refractivity contribution in [3.63, 3.8) is 0 Å². The number of thiazole rings is 1. The lowest BCUT2D eigenvalue weighted by Crippen LogP contribution is -2.24. The Kier molecular flexibility index (Phi) is 3.06. The molecule has 0 unspecified atom stereocenters. The lowest BCUT2D eigenvalue weighted by atomic mass is 10.4. The van der Waals surface area contributed by atoms with Gasteiger partial charge in [-0.15, -0.1) is 11.3 Å². The molecule has 16 heavy (non-hydrogen) atoms. The van der Waals surface area contributed by atoms with Gasteiger partial charge in [0.05, 0.1) is 18.9 Å². The molecular formula is C9H9N5OS. The molecule has 7 heteroatoms. The van der Waals surface area contributed by atoms with Crippen molar-refractivity contribution in [3.05, 3.63) is 34.7 Å². The Balaban J connectivity index is 1.98. The highest BCUT2D eigenvalue weighted by molar-refractivity contribution is 7.09. The summed E-state index contributed by atoms with van der Waals surface area (Å²) in [5.74, 6) is -0.0862. The van der Waals surface area contributed by atoms with Crippen molar-refractivity contribution in [1.82, 2.24) is 20.3 Å². The first-order valence-electron chi connectivity index (χ1n) is 4.50. The molecule has 2 rings (SSSR count). The molecule has 2 aromatic heterocycles. The molecule has 1 amide bonds. The van der Waals surface area contributed by atoms with Gasteiger partial charge in [-0.05, 0) is 0 Å². The molecular weight excluding hydrogens is 226 g/mol. The van der Waals surface area contributed by atoms with Crippen molar-refractivity contribution < 1.29 is 4.79 Å². The zero-order chi connectivity index (χ0) is 11.4. The summed E-state index contributed by atoms with van der Waals surface area (Å²) in [5, 5.41) is 5.37. The van der Waals surface area contributed by atoms with Crippen LogP contribution in [0.5, 0.6) is 0 Å². The number of nitrogens with zero attached hydrogens (tertiary/aromatic N) is 3. The summed E-state index contributed by atoms with van der Waals surface area (Å²) >= 11 is 1.48. The highest BCUT2D eigenvalue weighted by atomic mass is 32.1. The molecule has 0 aliphatic carbocycles. The highest BCUT2D eigenvalue weighted by Crippen LogP contribution is 2.03. The van der Waals surface area contributed by atoms with Crippen LogP contribution < -0.4 is 11.1 Å². The van der Waals surface area contributed by atoms with Crippen LogP contribution in [-0.4, -0.2) is 20.9 Å². The van der Waals surface area contributed by atoms with Crippen molar-refractivity contribution in [2.24, 2.45) is 0 Å². The van der Waals surface area contributed by atoms with E-state index in [1.165, 1.54) is 23.7 Å². The van der Waals surface area contributed by atoms with Crippen LogP contribution in [0.15, 0.2) is 24.0 Å². The zero-order valence-electron chi connectivity index (χ0n) is 8.25. The van der Waals surface area contributed by atoms with Crippen molar-refractivity contribution in [3.8, 4) is 0 Å². The Labute approximate surface area is 95.6 Å². The van der Waals surface area contributed by atoms with Crippen LogP contribution in [0.25, 0.3) is 0 Å². The van der Waals surface area contributed by atoms with Crippen molar-refractivity contribution in [2.45, 2.75) is 6.54 Å². The average molecular weight is 235 g/mol. The largest absolute Gasteiger partial charge is 0.382 e. The Morgan fingerprint density at radius 3 is 3.06 bits per heavy atom. The standard InChI is InChI=1S/C9H9N5OS/c10-7-4-11-3-6(14-7)9(15)13-5-8-12-1-2-16-8/h1-4H,5H2,(H2,10,14)(H,13,15). The summed E-state index contributed by atoms with van der Waals surface area (Å²) in [6.07, 6.45) is 4.44. The Hall–Kier alpha value is -2.02. The molecule has 0 radical (unpaired) electrons. The maximum absolute atomic E-state index is 11.6. The van der Waals surface area contributed by atoms with E-state index in [2.05, 4.69) is 20.3 Å². The van der Waals surface area contributed by atoms with Crippen LogP contribution in [0.3, 0.4) is 0 Å². The van der Waals surface area contributed by atoms with Gasteiger partial charge in [-0.2, -0.15) is 0 Å². The number of anilines is 1. The van der Waals surface area contributed by atoms with Crippen LogP contribution in [0, 0.1) is 0 Å². The fourth-order valence-corrected chi connectivity index (χ4v) is 1.63. The predicted molar refractivity (Wildman–Crippen MR) is 59.7 cm³/mol. The molecule has 0 aliphatic rings. The topological polar surface area (TPSA) is 93.8 Å². The van der Waals surface area contributed by atoms with Gasteiger partial charge < -0.3 is 11.1 Å². The van der Waals surface area contributed by atoms with E-state index in [1.807, 2.05) is 5.38 Å². The second-order valence-electron chi connectivity index (χ2n) is 2.94. The molecule has 0 saturated carbocycles. The van der Waals surface area contributed by atoms with Gasteiger partial charge in [0.25, 0.3) is 5.91 Å². The molecule has 0 aromatic carbocycles. The number of nitrogens with one attached hydrogen (secondary N) is 1. The molecule has 0 bridgehead atoms. The van der Waals surface area contributed by atoms with E-state index in [9.17, 15) is 4.79 Å². The number of carbonyl (C=O) groups is 1.